The molecule has 0 aromatic rings. The van der Waals surface area contributed by atoms with E-state index in [1.807, 2.05) is 0 Å². The molecule has 88 valence electrons. The van der Waals surface area contributed by atoms with E-state index in [0.717, 1.165) is 15.2 Å². The van der Waals surface area contributed by atoms with Crippen molar-refractivity contribution in [2.75, 3.05) is 0 Å². The predicted molar refractivity (Wildman–Crippen MR) is 76.5 cm³/mol. The van der Waals surface area contributed by atoms with Crippen molar-refractivity contribution in [3.05, 3.63) is 0 Å². The van der Waals surface area contributed by atoms with Crippen molar-refractivity contribution in [2.45, 2.75) is 75.1 Å². The van der Waals surface area contributed by atoms with Crippen molar-refractivity contribution in [2.24, 2.45) is 0 Å². The molecule has 0 aromatic heterocycles. The van der Waals surface area contributed by atoms with Crippen LogP contribution in [0.5, 0.6) is 0 Å². The molecule has 0 aliphatic heterocycles. The quantitative estimate of drug-likeness (QED) is 0.395. The standard InChI is InChI=1S/3C4H9.2Al.ClH/c3*1-3-4-2;;;/h3*1,3-4H2,2H3;;;1H/q;;;;+1;/p-1. The second-order valence-corrected chi connectivity index (χ2v) is 7.41. The van der Waals surface area contributed by atoms with E-state index in [2.05, 4.69) is 20.8 Å². The molecule has 0 spiro atoms. The average molecular weight is 261 g/mol. The third-order valence-corrected chi connectivity index (χ3v) is 5.10. The zero-order valence-corrected chi connectivity index (χ0v) is 14.0. The van der Waals surface area contributed by atoms with Crippen LogP contribution in [0, 0.1) is 0 Å². The van der Waals surface area contributed by atoms with Gasteiger partial charge in [-0.05, 0) is 0 Å². The van der Waals surface area contributed by atoms with Crippen LogP contribution in [0.15, 0.2) is 0 Å². The van der Waals surface area contributed by atoms with Gasteiger partial charge >= 0.3 is 14.3 Å². The van der Waals surface area contributed by atoms with Gasteiger partial charge in [0.2, 0.25) is 0 Å². The molecule has 0 aliphatic carbocycles. The smallest absolute Gasteiger partial charge is 0.276 e. The summed E-state index contributed by atoms with van der Waals surface area (Å²) in [6.45, 7) is 6.74. The SMILES string of the molecule is CCC[CH2][Al][CH2]CCC.CCC[CH2][Al][Cl]. The lowest BCUT2D eigenvalue weighted by molar-refractivity contribution is 0.851. The fraction of sp³-hybridized carbons (Fsp3) is 1.00. The molecule has 0 amide bonds. The molecule has 0 N–H and O–H groups in total. The Morgan fingerprint density at radius 3 is 1.40 bits per heavy atom. The molecule has 0 fully saturated rings. The van der Waals surface area contributed by atoms with Gasteiger partial charge in [-0.1, -0.05) is 64.6 Å². The van der Waals surface area contributed by atoms with Crippen molar-refractivity contribution >= 4 is 39.6 Å². The van der Waals surface area contributed by atoms with E-state index in [9.17, 15) is 0 Å². The molecule has 2 radical (unpaired) electrons. The normalized spacial score (nSPS) is 9.07. The van der Waals surface area contributed by atoms with E-state index < -0.39 is 0 Å². The molecular formula is C12H27Al2Cl. The first-order valence-electron chi connectivity index (χ1n) is 6.56. The fourth-order valence-corrected chi connectivity index (χ4v) is 3.83. The Balaban J connectivity index is 0. The van der Waals surface area contributed by atoms with E-state index in [-0.39, 0.29) is 14.3 Å². The van der Waals surface area contributed by atoms with E-state index >= 15 is 0 Å². The molecule has 0 saturated heterocycles. The van der Waals surface area contributed by atoms with Crippen molar-refractivity contribution < 1.29 is 0 Å². The highest BCUT2D eigenvalue weighted by Crippen LogP contribution is 1.99. The molecule has 3 heteroatoms. The molecule has 15 heavy (non-hydrogen) atoms. The lowest BCUT2D eigenvalue weighted by atomic mass is 10.4. The van der Waals surface area contributed by atoms with Crippen molar-refractivity contribution in [1.82, 2.24) is 0 Å². The fourth-order valence-electron chi connectivity index (χ4n) is 1.12. The van der Waals surface area contributed by atoms with Crippen LogP contribution in [-0.4, -0.2) is 29.5 Å². The first kappa shape index (κ1) is 18.7. The van der Waals surface area contributed by atoms with Gasteiger partial charge in [0.1, 0.15) is 0 Å². The first-order chi connectivity index (χ1) is 7.33. The number of hydrogen-bond donors (Lipinski definition) is 0. The number of halogens is 1. The van der Waals surface area contributed by atoms with Gasteiger partial charge in [-0.2, -0.15) is 0 Å². The summed E-state index contributed by atoms with van der Waals surface area (Å²) in [6, 6.07) is 0. The highest BCUT2D eigenvalue weighted by molar-refractivity contribution is 6.93. The predicted octanol–water partition coefficient (Wildman–Crippen LogP) is 5.19. The minimum Gasteiger partial charge on any atom is -0.276 e. The minimum absolute atomic E-state index is 0.256. The molecule has 0 bridgehead atoms. The van der Waals surface area contributed by atoms with Gasteiger partial charge in [0, 0.05) is 0 Å². The Hall–Kier alpha value is 1.35. The summed E-state index contributed by atoms with van der Waals surface area (Å²) in [7, 11) is 5.46. The second-order valence-electron chi connectivity index (χ2n) is 3.87. The molecule has 0 aromatic carbocycles. The van der Waals surface area contributed by atoms with E-state index in [1.165, 1.54) is 54.4 Å². The van der Waals surface area contributed by atoms with Crippen molar-refractivity contribution in [1.29, 1.82) is 0 Å². The topological polar surface area (TPSA) is 0 Å². The summed E-state index contributed by atoms with van der Waals surface area (Å²) in [5, 5.41) is 4.34. The van der Waals surface area contributed by atoms with Crippen LogP contribution in [0.1, 0.15) is 59.3 Å². The maximum Gasteiger partial charge on any atom is 0.355 e. The summed E-state index contributed by atoms with van der Waals surface area (Å²) in [6.07, 6.45) is 8.33. The van der Waals surface area contributed by atoms with Crippen LogP contribution in [0.25, 0.3) is 0 Å². The lowest BCUT2D eigenvalue weighted by Gasteiger charge is -1.93. The number of rotatable bonds is 9. The minimum atomic E-state index is 0.256. The van der Waals surface area contributed by atoms with E-state index in [4.69, 9.17) is 10.0 Å². The molecule has 0 rings (SSSR count). The largest absolute Gasteiger partial charge is 0.355 e. The summed E-state index contributed by atoms with van der Waals surface area (Å²) < 4.78 is 0. The van der Waals surface area contributed by atoms with Crippen molar-refractivity contribution in [3.8, 4) is 0 Å². The molecule has 0 aliphatic rings. The van der Waals surface area contributed by atoms with Gasteiger partial charge in [-0.25, -0.2) is 0 Å². The Bertz CT molecular complexity index is 79.7. The second kappa shape index (κ2) is 20.7. The van der Waals surface area contributed by atoms with Crippen LogP contribution in [-0.2, 0) is 0 Å². The zero-order valence-electron chi connectivity index (χ0n) is 10.9. The summed E-state index contributed by atoms with van der Waals surface area (Å²) in [4.78, 5) is 0. The van der Waals surface area contributed by atoms with Crippen LogP contribution in [0.2, 0.25) is 15.8 Å². The Labute approximate surface area is 114 Å². The van der Waals surface area contributed by atoms with Gasteiger partial charge < -0.3 is 0 Å². The summed E-state index contributed by atoms with van der Waals surface area (Å²) in [5.41, 5.74) is 0. The van der Waals surface area contributed by atoms with Crippen LogP contribution in [0.4, 0.5) is 0 Å². The Kier molecular flexibility index (Phi) is 25.9. The maximum atomic E-state index is 5.46. The highest BCUT2D eigenvalue weighted by atomic mass is 35.6. The lowest BCUT2D eigenvalue weighted by Crippen LogP contribution is -1.87. The molecule has 0 saturated carbocycles. The molecular weight excluding hydrogens is 234 g/mol. The number of hydrogen-bond acceptors (Lipinski definition) is 0. The van der Waals surface area contributed by atoms with Crippen molar-refractivity contribution in [3.63, 3.8) is 0 Å². The molecule has 0 unspecified atom stereocenters. The first-order valence-corrected chi connectivity index (χ1v) is 10.8. The molecule has 0 heterocycles. The average Bonchev–Trinajstić information content (AvgIpc) is 2.27. The third-order valence-electron chi connectivity index (χ3n) is 2.19. The summed E-state index contributed by atoms with van der Waals surface area (Å²) >= 11 is 1.07. The molecule has 0 atom stereocenters. The van der Waals surface area contributed by atoms with Crippen LogP contribution >= 0.6 is 10.0 Å². The molecule has 0 nitrogen and oxygen atoms in total. The van der Waals surface area contributed by atoms with Gasteiger partial charge in [0.05, 0.1) is 0 Å². The zero-order chi connectivity index (χ0) is 11.8. The van der Waals surface area contributed by atoms with Gasteiger partial charge in [0.15, 0.2) is 15.2 Å². The van der Waals surface area contributed by atoms with Gasteiger partial charge in [0.25, 0.3) is 0 Å². The van der Waals surface area contributed by atoms with E-state index in [1.54, 1.807) is 0 Å². The van der Waals surface area contributed by atoms with Gasteiger partial charge in [-0.3, -0.25) is 10.0 Å². The number of unbranched alkanes of at least 4 members (excludes halogenated alkanes) is 3. The van der Waals surface area contributed by atoms with Gasteiger partial charge in [-0.15, -0.1) is 10.6 Å². The maximum absolute atomic E-state index is 5.46. The monoisotopic (exact) mass is 260 g/mol. The third kappa shape index (κ3) is 25.5. The Morgan fingerprint density at radius 2 is 1.13 bits per heavy atom. The van der Waals surface area contributed by atoms with Crippen LogP contribution < -0.4 is 0 Å². The van der Waals surface area contributed by atoms with Crippen LogP contribution in [0.3, 0.4) is 0 Å². The summed E-state index contributed by atoms with van der Waals surface area (Å²) in [5.74, 6) is 0. The Morgan fingerprint density at radius 1 is 0.733 bits per heavy atom. The highest BCUT2D eigenvalue weighted by Gasteiger charge is 1.89. The van der Waals surface area contributed by atoms with E-state index in [0.29, 0.717) is 0 Å².